The van der Waals surface area contributed by atoms with Gasteiger partial charge in [0.2, 0.25) is 0 Å². The Morgan fingerprint density at radius 2 is 2.00 bits per heavy atom. The molecule has 0 aliphatic heterocycles. The van der Waals surface area contributed by atoms with Crippen molar-refractivity contribution in [2.45, 2.75) is 6.92 Å². The van der Waals surface area contributed by atoms with Crippen LogP contribution in [0.15, 0.2) is 52.3 Å². The molecule has 0 bridgehead atoms. The maximum absolute atomic E-state index is 13.0. The van der Waals surface area contributed by atoms with E-state index in [4.69, 9.17) is 9.15 Å². The van der Waals surface area contributed by atoms with Crippen LogP contribution >= 0.6 is 11.3 Å². The minimum atomic E-state index is -0.430. The van der Waals surface area contributed by atoms with Crippen LogP contribution in [0.4, 0.5) is 10.1 Å². The number of carbonyl (C=O) groups excluding carboxylic acids is 1. The number of halogens is 1. The zero-order valence-corrected chi connectivity index (χ0v) is 15.4. The monoisotopic (exact) mass is 382 g/mol. The maximum Gasteiger partial charge on any atom is 0.291 e. The summed E-state index contributed by atoms with van der Waals surface area (Å²) in [5.41, 5.74) is 2.63. The number of aryl methyl sites for hydroxylation is 1. The Kier molecular flexibility index (Phi) is 4.37. The molecule has 0 fully saturated rings. The summed E-state index contributed by atoms with van der Waals surface area (Å²) < 4.78 is 24.2. The highest BCUT2D eigenvalue weighted by molar-refractivity contribution is 7.09. The van der Waals surface area contributed by atoms with Crippen LogP contribution in [0.5, 0.6) is 5.75 Å². The first kappa shape index (κ1) is 17.2. The fourth-order valence-electron chi connectivity index (χ4n) is 2.81. The zero-order chi connectivity index (χ0) is 19.0. The molecule has 1 amide bonds. The number of carbonyl (C=O) groups is 1. The Hall–Kier alpha value is -3.19. The Morgan fingerprint density at radius 3 is 2.67 bits per heavy atom. The van der Waals surface area contributed by atoms with Gasteiger partial charge in [0.15, 0.2) is 17.1 Å². The topological polar surface area (TPSA) is 64.4 Å². The second-order valence-corrected chi connectivity index (χ2v) is 6.94. The molecule has 2 aromatic heterocycles. The van der Waals surface area contributed by atoms with Crippen LogP contribution in [-0.2, 0) is 0 Å². The van der Waals surface area contributed by atoms with Gasteiger partial charge in [-0.25, -0.2) is 9.37 Å². The molecule has 2 aromatic carbocycles. The summed E-state index contributed by atoms with van der Waals surface area (Å²) >= 11 is 1.55. The summed E-state index contributed by atoms with van der Waals surface area (Å²) in [4.78, 5) is 17.1. The van der Waals surface area contributed by atoms with Crippen LogP contribution < -0.4 is 10.1 Å². The van der Waals surface area contributed by atoms with Gasteiger partial charge in [-0.15, -0.1) is 11.3 Å². The lowest BCUT2D eigenvalue weighted by Crippen LogP contribution is -2.10. The van der Waals surface area contributed by atoms with E-state index < -0.39 is 5.91 Å². The molecule has 27 heavy (non-hydrogen) atoms. The highest BCUT2D eigenvalue weighted by Crippen LogP contribution is 2.37. The third kappa shape index (κ3) is 3.29. The average molecular weight is 382 g/mol. The third-order valence-electron chi connectivity index (χ3n) is 4.09. The number of nitrogens with zero attached hydrogens (tertiary/aromatic N) is 1. The molecular weight excluding hydrogens is 367 g/mol. The van der Waals surface area contributed by atoms with E-state index in [0.29, 0.717) is 17.0 Å². The van der Waals surface area contributed by atoms with E-state index in [9.17, 15) is 9.18 Å². The molecule has 7 heteroatoms. The number of hydrogen-bond donors (Lipinski definition) is 1. The third-order valence-corrected chi connectivity index (χ3v) is 4.86. The van der Waals surface area contributed by atoms with Gasteiger partial charge in [0.1, 0.15) is 5.82 Å². The molecule has 0 atom stereocenters. The zero-order valence-electron chi connectivity index (χ0n) is 14.6. The number of furan rings is 1. The molecule has 0 aliphatic carbocycles. The number of nitrogens with one attached hydrogen (secondary N) is 1. The minimum absolute atomic E-state index is 0.132. The van der Waals surface area contributed by atoms with E-state index in [0.717, 1.165) is 21.7 Å². The summed E-state index contributed by atoms with van der Waals surface area (Å²) in [7, 11) is 1.54. The van der Waals surface area contributed by atoms with Gasteiger partial charge in [-0.05, 0) is 49.4 Å². The van der Waals surface area contributed by atoms with Crippen molar-refractivity contribution >= 4 is 33.9 Å². The molecule has 136 valence electrons. The number of benzene rings is 2. The van der Waals surface area contributed by atoms with Crippen molar-refractivity contribution in [2.75, 3.05) is 12.4 Å². The Balaban J connectivity index is 1.75. The minimum Gasteiger partial charge on any atom is -0.493 e. The standard InChI is InChI=1S/C20H15FN2O3S/c1-11-22-16(10-27-11)14-7-8-17(25-2)19-15(14)9-18(26-19)20(24)23-13-5-3-12(21)4-6-13/h3-10H,1-2H3,(H,23,24). The van der Waals surface area contributed by atoms with E-state index >= 15 is 0 Å². The van der Waals surface area contributed by atoms with Crippen LogP contribution in [0.2, 0.25) is 0 Å². The van der Waals surface area contributed by atoms with Gasteiger partial charge < -0.3 is 14.5 Å². The Labute approximate surface area is 158 Å². The molecule has 0 spiro atoms. The van der Waals surface area contributed by atoms with E-state index in [2.05, 4.69) is 10.3 Å². The molecule has 2 heterocycles. The van der Waals surface area contributed by atoms with E-state index in [1.165, 1.54) is 24.3 Å². The van der Waals surface area contributed by atoms with Gasteiger partial charge in [-0.2, -0.15) is 0 Å². The first-order valence-electron chi connectivity index (χ1n) is 8.15. The predicted octanol–water partition coefficient (Wildman–Crippen LogP) is 5.26. The summed E-state index contributed by atoms with van der Waals surface area (Å²) in [6.07, 6.45) is 0. The molecule has 5 nitrogen and oxygen atoms in total. The largest absolute Gasteiger partial charge is 0.493 e. The summed E-state index contributed by atoms with van der Waals surface area (Å²) in [6, 6.07) is 10.9. The van der Waals surface area contributed by atoms with Gasteiger partial charge in [-0.3, -0.25) is 4.79 Å². The van der Waals surface area contributed by atoms with Crippen molar-refractivity contribution in [3.8, 4) is 17.0 Å². The van der Waals surface area contributed by atoms with E-state index in [1.54, 1.807) is 30.6 Å². The molecular formula is C20H15FN2O3S. The van der Waals surface area contributed by atoms with Crippen molar-refractivity contribution in [1.82, 2.24) is 4.98 Å². The number of fused-ring (bicyclic) bond motifs is 1. The smallest absolute Gasteiger partial charge is 0.291 e. The number of anilines is 1. The first-order chi connectivity index (χ1) is 13.0. The van der Waals surface area contributed by atoms with Gasteiger partial charge in [0, 0.05) is 22.0 Å². The van der Waals surface area contributed by atoms with Gasteiger partial charge >= 0.3 is 0 Å². The van der Waals surface area contributed by atoms with Crippen LogP contribution in [0.1, 0.15) is 15.6 Å². The van der Waals surface area contributed by atoms with Crippen molar-refractivity contribution in [3.05, 3.63) is 64.4 Å². The Bertz CT molecular complexity index is 1130. The van der Waals surface area contributed by atoms with E-state index in [1.807, 2.05) is 18.4 Å². The molecule has 0 aliphatic rings. The van der Waals surface area contributed by atoms with Crippen LogP contribution in [0.25, 0.3) is 22.2 Å². The summed E-state index contributed by atoms with van der Waals surface area (Å²) in [5, 5.41) is 6.34. The summed E-state index contributed by atoms with van der Waals surface area (Å²) in [6.45, 7) is 1.94. The maximum atomic E-state index is 13.0. The average Bonchev–Trinajstić information content (AvgIpc) is 3.29. The van der Waals surface area contributed by atoms with E-state index in [-0.39, 0.29) is 11.6 Å². The number of methoxy groups -OCH3 is 1. The lowest BCUT2D eigenvalue weighted by molar-refractivity contribution is 0.0998. The lowest BCUT2D eigenvalue weighted by Gasteiger charge is -2.04. The second-order valence-electron chi connectivity index (χ2n) is 5.88. The number of thiazole rings is 1. The number of hydrogen-bond acceptors (Lipinski definition) is 5. The molecule has 4 rings (SSSR count). The predicted molar refractivity (Wildman–Crippen MR) is 103 cm³/mol. The van der Waals surface area contributed by atoms with Crippen LogP contribution in [-0.4, -0.2) is 18.0 Å². The SMILES string of the molecule is COc1ccc(-c2csc(C)n2)c2cc(C(=O)Nc3ccc(F)cc3)oc12. The molecule has 0 saturated heterocycles. The Morgan fingerprint density at radius 1 is 1.22 bits per heavy atom. The van der Waals surface area contributed by atoms with Crippen LogP contribution in [0.3, 0.4) is 0 Å². The molecule has 1 N–H and O–H groups in total. The number of ether oxygens (including phenoxy) is 1. The normalized spacial score (nSPS) is 10.9. The van der Waals surface area contributed by atoms with Crippen molar-refractivity contribution in [3.63, 3.8) is 0 Å². The summed E-state index contributed by atoms with van der Waals surface area (Å²) in [5.74, 6) is -0.140. The highest BCUT2D eigenvalue weighted by Gasteiger charge is 2.19. The highest BCUT2D eigenvalue weighted by atomic mass is 32.1. The number of amides is 1. The molecule has 0 radical (unpaired) electrons. The quantitative estimate of drug-likeness (QED) is 0.523. The lowest BCUT2D eigenvalue weighted by atomic mass is 10.1. The van der Waals surface area contributed by atoms with Gasteiger partial charge in [0.25, 0.3) is 5.91 Å². The second kappa shape index (κ2) is 6.85. The molecule has 0 unspecified atom stereocenters. The van der Waals surface area contributed by atoms with Crippen molar-refractivity contribution in [2.24, 2.45) is 0 Å². The molecule has 0 saturated carbocycles. The van der Waals surface area contributed by atoms with Gasteiger partial charge in [0.05, 0.1) is 17.8 Å². The number of aromatic nitrogens is 1. The van der Waals surface area contributed by atoms with Crippen molar-refractivity contribution in [1.29, 1.82) is 0 Å². The van der Waals surface area contributed by atoms with Gasteiger partial charge in [-0.1, -0.05) is 0 Å². The first-order valence-corrected chi connectivity index (χ1v) is 9.03. The van der Waals surface area contributed by atoms with Crippen molar-refractivity contribution < 1.29 is 18.3 Å². The fraction of sp³-hybridized carbons (Fsp3) is 0.100. The van der Waals surface area contributed by atoms with Crippen LogP contribution in [0, 0.1) is 12.7 Å². The molecule has 4 aromatic rings. The fourth-order valence-corrected chi connectivity index (χ4v) is 3.42. The number of rotatable bonds is 4.